The lowest BCUT2D eigenvalue weighted by atomic mass is 10.1. The number of nitrogens with zero attached hydrogens (tertiary/aromatic N) is 2. The summed E-state index contributed by atoms with van der Waals surface area (Å²) in [6, 6.07) is 16.8. The van der Waals surface area contributed by atoms with Crippen molar-refractivity contribution in [1.29, 1.82) is 0 Å². The average molecular weight is 604 g/mol. The Bertz CT molecular complexity index is 1430. The first-order valence-corrected chi connectivity index (χ1v) is 15.1. The van der Waals surface area contributed by atoms with E-state index in [1.807, 2.05) is 20.8 Å². The molecule has 220 valence electrons. The van der Waals surface area contributed by atoms with Crippen LogP contribution in [0.5, 0.6) is 5.75 Å². The molecular formula is C30H35ClFN3O5S. The molecule has 3 rings (SSSR count). The second kappa shape index (κ2) is 14.3. The number of amides is 2. The fourth-order valence-corrected chi connectivity index (χ4v) is 5.52. The van der Waals surface area contributed by atoms with Gasteiger partial charge in [-0.2, -0.15) is 0 Å². The predicted molar refractivity (Wildman–Crippen MR) is 158 cm³/mol. The maximum Gasteiger partial charge on any atom is 0.264 e. The molecule has 0 unspecified atom stereocenters. The topological polar surface area (TPSA) is 96.0 Å². The Labute approximate surface area is 246 Å². The zero-order valence-electron chi connectivity index (χ0n) is 23.5. The van der Waals surface area contributed by atoms with E-state index in [0.29, 0.717) is 23.9 Å². The molecule has 0 aromatic heterocycles. The van der Waals surface area contributed by atoms with Crippen molar-refractivity contribution in [3.63, 3.8) is 0 Å². The molecule has 11 heteroatoms. The lowest BCUT2D eigenvalue weighted by molar-refractivity contribution is -0.139. The van der Waals surface area contributed by atoms with Crippen LogP contribution in [0.25, 0.3) is 0 Å². The fraction of sp³-hybridized carbons (Fsp3) is 0.333. The van der Waals surface area contributed by atoms with Crippen LogP contribution in [0.4, 0.5) is 10.1 Å². The van der Waals surface area contributed by atoms with Gasteiger partial charge in [-0.05, 0) is 74.4 Å². The van der Waals surface area contributed by atoms with Crippen LogP contribution in [0.15, 0.2) is 77.7 Å². The van der Waals surface area contributed by atoms with Gasteiger partial charge < -0.3 is 15.0 Å². The lowest BCUT2D eigenvalue weighted by Gasteiger charge is -2.32. The van der Waals surface area contributed by atoms with Crippen LogP contribution in [-0.2, 0) is 26.2 Å². The number of anilines is 1. The Balaban J connectivity index is 2.03. The fourth-order valence-electron chi connectivity index (χ4n) is 3.98. The summed E-state index contributed by atoms with van der Waals surface area (Å²) in [5.41, 5.74) is 0.400. The molecule has 0 aliphatic rings. The van der Waals surface area contributed by atoms with Crippen molar-refractivity contribution in [3.05, 3.63) is 89.2 Å². The monoisotopic (exact) mass is 603 g/mol. The summed E-state index contributed by atoms with van der Waals surface area (Å²) in [7, 11) is -4.26. The smallest absolute Gasteiger partial charge is 0.264 e. The standard InChI is InChI=1S/C30H35ClFN3O5S/c1-5-40-26-14-12-25(13-15-26)35(41(38,39)27-16-10-24(31)11-17-27)20-29(36)34(19-23-8-6-7-9-28(23)32)22(4)30(37)33-18-21(2)3/h6-17,21-22H,5,18-20H2,1-4H3,(H,33,37)/t22-/m1/s1. The molecule has 0 aliphatic carbocycles. The van der Waals surface area contributed by atoms with Gasteiger partial charge in [-0.3, -0.25) is 13.9 Å². The molecule has 0 aliphatic heterocycles. The lowest BCUT2D eigenvalue weighted by Crippen LogP contribution is -2.51. The molecule has 0 fully saturated rings. The number of hydrogen-bond acceptors (Lipinski definition) is 5. The quantitative estimate of drug-likeness (QED) is 0.287. The molecule has 3 aromatic carbocycles. The number of halogens is 2. The minimum absolute atomic E-state index is 0.0769. The zero-order valence-corrected chi connectivity index (χ0v) is 25.1. The third-order valence-corrected chi connectivity index (χ3v) is 8.31. The number of carbonyl (C=O) groups is 2. The minimum atomic E-state index is -4.26. The van der Waals surface area contributed by atoms with E-state index in [0.717, 1.165) is 4.31 Å². The molecule has 1 N–H and O–H groups in total. The molecule has 0 saturated heterocycles. The van der Waals surface area contributed by atoms with Gasteiger partial charge in [0.25, 0.3) is 10.0 Å². The first kappa shape index (κ1) is 31.9. The van der Waals surface area contributed by atoms with Gasteiger partial charge in [0.1, 0.15) is 24.2 Å². The molecule has 41 heavy (non-hydrogen) atoms. The molecule has 0 saturated carbocycles. The summed E-state index contributed by atoms with van der Waals surface area (Å²) >= 11 is 5.98. The maximum absolute atomic E-state index is 14.6. The molecule has 0 radical (unpaired) electrons. The van der Waals surface area contributed by atoms with Crippen molar-refractivity contribution >= 4 is 39.1 Å². The van der Waals surface area contributed by atoms with Crippen molar-refractivity contribution in [1.82, 2.24) is 10.2 Å². The summed E-state index contributed by atoms with van der Waals surface area (Å²) in [6.45, 7) is 7.15. The van der Waals surface area contributed by atoms with E-state index >= 15 is 0 Å². The number of benzene rings is 3. The zero-order chi connectivity index (χ0) is 30.2. The highest BCUT2D eigenvalue weighted by atomic mass is 35.5. The minimum Gasteiger partial charge on any atom is -0.494 e. The van der Waals surface area contributed by atoms with E-state index in [2.05, 4.69) is 5.32 Å². The second-order valence-electron chi connectivity index (χ2n) is 9.82. The number of carbonyl (C=O) groups excluding carboxylic acids is 2. The average Bonchev–Trinajstić information content (AvgIpc) is 2.94. The highest BCUT2D eigenvalue weighted by Crippen LogP contribution is 2.27. The number of sulfonamides is 1. The van der Waals surface area contributed by atoms with Crippen LogP contribution in [0.1, 0.15) is 33.3 Å². The van der Waals surface area contributed by atoms with Crippen molar-refractivity contribution < 1.29 is 27.1 Å². The highest BCUT2D eigenvalue weighted by molar-refractivity contribution is 7.92. The molecule has 3 aromatic rings. The molecule has 8 nitrogen and oxygen atoms in total. The molecule has 2 amide bonds. The Morgan fingerprint density at radius 1 is 0.976 bits per heavy atom. The predicted octanol–water partition coefficient (Wildman–Crippen LogP) is 5.26. The van der Waals surface area contributed by atoms with Crippen molar-refractivity contribution in [2.45, 2.75) is 45.2 Å². The largest absolute Gasteiger partial charge is 0.494 e. The van der Waals surface area contributed by atoms with E-state index in [9.17, 15) is 22.4 Å². The summed E-state index contributed by atoms with van der Waals surface area (Å²) in [6.07, 6.45) is 0. The van der Waals surface area contributed by atoms with Gasteiger partial charge in [-0.25, -0.2) is 12.8 Å². The Hall–Kier alpha value is -3.63. The third-order valence-electron chi connectivity index (χ3n) is 6.27. The summed E-state index contributed by atoms with van der Waals surface area (Å²) < 4.78 is 48.8. The molecule has 0 heterocycles. The van der Waals surface area contributed by atoms with Gasteiger partial charge in [-0.15, -0.1) is 0 Å². The number of hydrogen-bond donors (Lipinski definition) is 1. The van der Waals surface area contributed by atoms with Gasteiger partial charge in [-0.1, -0.05) is 43.6 Å². The number of ether oxygens (including phenoxy) is 1. The molecular weight excluding hydrogens is 569 g/mol. The van der Waals surface area contributed by atoms with Gasteiger partial charge >= 0.3 is 0 Å². The first-order valence-electron chi connectivity index (χ1n) is 13.3. The molecule has 0 bridgehead atoms. The summed E-state index contributed by atoms with van der Waals surface area (Å²) in [5.74, 6) is -0.967. The number of rotatable bonds is 13. The van der Waals surface area contributed by atoms with E-state index in [1.165, 1.54) is 66.4 Å². The molecule has 1 atom stereocenters. The Kier molecular flexibility index (Phi) is 11.1. The second-order valence-corrected chi connectivity index (χ2v) is 12.1. The van der Waals surface area contributed by atoms with Crippen LogP contribution in [0.3, 0.4) is 0 Å². The van der Waals surface area contributed by atoms with Crippen molar-refractivity contribution in [2.24, 2.45) is 5.92 Å². The van der Waals surface area contributed by atoms with Crippen LogP contribution < -0.4 is 14.4 Å². The van der Waals surface area contributed by atoms with E-state index in [4.69, 9.17) is 16.3 Å². The van der Waals surface area contributed by atoms with E-state index < -0.39 is 40.2 Å². The summed E-state index contributed by atoms with van der Waals surface area (Å²) in [4.78, 5) is 28.0. The van der Waals surface area contributed by atoms with E-state index in [-0.39, 0.29) is 28.6 Å². The van der Waals surface area contributed by atoms with Gasteiger partial charge in [0.05, 0.1) is 17.2 Å². The Morgan fingerprint density at radius 2 is 1.61 bits per heavy atom. The van der Waals surface area contributed by atoms with Gasteiger partial charge in [0, 0.05) is 23.7 Å². The molecule has 0 spiro atoms. The van der Waals surface area contributed by atoms with Crippen LogP contribution >= 0.6 is 11.6 Å². The van der Waals surface area contributed by atoms with Gasteiger partial charge in [0.2, 0.25) is 11.8 Å². The number of nitrogens with one attached hydrogen (secondary N) is 1. The highest BCUT2D eigenvalue weighted by Gasteiger charge is 2.33. The first-order chi connectivity index (χ1) is 19.4. The maximum atomic E-state index is 14.6. The normalized spacial score (nSPS) is 12.1. The van der Waals surface area contributed by atoms with E-state index in [1.54, 1.807) is 18.2 Å². The summed E-state index contributed by atoms with van der Waals surface area (Å²) in [5, 5.41) is 3.15. The van der Waals surface area contributed by atoms with Crippen molar-refractivity contribution in [3.8, 4) is 5.75 Å². The Morgan fingerprint density at radius 3 is 2.20 bits per heavy atom. The van der Waals surface area contributed by atoms with Gasteiger partial charge in [0.15, 0.2) is 0 Å². The van der Waals surface area contributed by atoms with Crippen LogP contribution in [0.2, 0.25) is 5.02 Å². The SMILES string of the molecule is CCOc1ccc(N(CC(=O)N(Cc2ccccc2F)[C@H](C)C(=O)NCC(C)C)S(=O)(=O)c2ccc(Cl)cc2)cc1. The third kappa shape index (κ3) is 8.43. The van der Waals surface area contributed by atoms with Crippen LogP contribution in [-0.4, -0.2) is 50.9 Å². The van der Waals surface area contributed by atoms with Crippen LogP contribution in [0, 0.1) is 11.7 Å². The van der Waals surface area contributed by atoms with Crippen molar-refractivity contribution in [2.75, 3.05) is 24.0 Å².